The summed E-state index contributed by atoms with van der Waals surface area (Å²) < 4.78 is 0. The van der Waals surface area contributed by atoms with E-state index in [0.29, 0.717) is 0 Å². The highest BCUT2D eigenvalue weighted by Crippen LogP contribution is 2.46. The first-order valence-corrected chi connectivity index (χ1v) is 10.8. The van der Waals surface area contributed by atoms with Gasteiger partial charge in [-0.2, -0.15) is 0 Å². The predicted molar refractivity (Wildman–Crippen MR) is 139 cm³/mol. The summed E-state index contributed by atoms with van der Waals surface area (Å²) in [5.74, 6) is 0. The van der Waals surface area contributed by atoms with Crippen molar-refractivity contribution in [3.8, 4) is 33.6 Å². The van der Waals surface area contributed by atoms with Gasteiger partial charge < -0.3 is 21.3 Å². The summed E-state index contributed by atoms with van der Waals surface area (Å²) in [5, 5.41) is 13.5. The van der Waals surface area contributed by atoms with Crippen LogP contribution in [0.5, 0.6) is 0 Å². The van der Waals surface area contributed by atoms with Crippen LogP contribution in [0.2, 0.25) is 0 Å². The van der Waals surface area contributed by atoms with Crippen molar-refractivity contribution in [2.45, 2.75) is 0 Å². The second kappa shape index (κ2) is 9.43. The molecule has 0 unspecified atom stereocenters. The third-order valence-electron chi connectivity index (χ3n) is 5.62. The maximum Gasteiger partial charge on any atom is 0.0715 e. The Labute approximate surface area is 189 Å². The largest absolute Gasteiger partial charge is 0.386 e. The van der Waals surface area contributed by atoms with E-state index in [1.807, 2.05) is 64.6 Å². The highest BCUT2D eigenvalue weighted by atomic mass is 15.0. The minimum Gasteiger partial charge on any atom is -0.386 e. The second-order valence-corrected chi connectivity index (χ2v) is 7.46. The lowest BCUT2D eigenvalue weighted by molar-refractivity contribution is 1.32. The van der Waals surface area contributed by atoms with E-state index in [2.05, 4.69) is 63.7 Å². The third kappa shape index (κ3) is 3.97. The number of hydrogen-bond donors (Lipinski definition) is 4. The first-order valence-electron chi connectivity index (χ1n) is 10.8. The molecule has 5 nitrogen and oxygen atoms in total. The maximum absolute atomic E-state index is 5.02. The average molecular weight is 424 g/mol. The van der Waals surface area contributed by atoms with E-state index in [9.17, 15) is 0 Å². The molecule has 162 valence electrons. The van der Waals surface area contributed by atoms with Crippen LogP contribution in [0.4, 0.5) is 22.7 Å². The molecule has 0 aliphatic carbocycles. The fourth-order valence-corrected chi connectivity index (χ4v) is 4.07. The van der Waals surface area contributed by atoms with E-state index < -0.39 is 0 Å². The molecule has 4 N–H and O–H groups in total. The molecule has 0 saturated heterocycles. The fraction of sp³-hybridized carbons (Fsp3) is 0.148. The number of benzene rings is 3. The number of aromatic nitrogens is 1. The highest BCUT2D eigenvalue weighted by Gasteiger charge is 2.19. The van der Waals surface area contributed by atoms with Crippen molar-refractivity contribution in [2.75, 3.05) is 49.5 Å². The Morgan fingerprint density at radius 3 is 1.31 bits per heavy atom. The van der Waals surface area contributed by atoms with Crippen LogP contribution in [0.3, 0.4) is 0 Å². The SMILES string of the molecule is CNc1cc(NC)c(NC)c(-c2cc(-c3ccccc3)nc(-c3ccccc3)c2)c1NC. The molecule has 0 aliphatic rings. The molecule has 1 aromatic heterocycles. The number of rotatable bonds is 7. The van der Waals surface area contributed by atoms with Gasteiger partial charge in [-0.15, -0.1) is 0 Å². The minimum atomic E-state index is 0.937. The van der Waals surface area contributed by atoms with Crippen molar-refractivity contribution >= 4 is 22.7 Å². The van der Waals surface area contributed by atoms with E-state index in [1.165, 1.54) is 0 Å². The van der Waals surface area contributed by atoms with Gasteiger partial charge >= 0.3 is 0 Å². The smallest absolute Gasteiger partial charge is 0.0715 e. The Morgan fingerprint density at radius 2 is 0.938 bits per heavy atom. The molecule has 0 saturated carbocycles. The first-order chi connectivity index (χ1) is 15.7. The summed E-state index contributed by atoms with van der Waals surface area (Å²) >= 11 is 0. The van der Waals surface area contributed by atoms with Crippen LogP contribution < -0.4 is 21.3 Å². The number of anilines is 4. The summed E-state index contributed by atoms with van der Waals surface area (Å²) in [6, 6.07) is 27.1. The molecular formula is C27H29N5. The van der Waals surface area contributed by atoms with Crippen molar-refractivity contribution < 1.29 is 0 Å². The molecule has 0 amide bonds. The molecule has 0 atom stereocenters. The zero-order chi connectivity index (χ0) is 22.5. The topological polar surface area (TPSA) is 61.0 Å². The van der Waals surface area contributed by atoms with Crippen LogP contribution in [-0.2, 0) is 0 Å². The van der Waals surface area contributed by atoms with E-state index >= 15 is 0 Å². The molecule has 0 fully saturated rings. The van der Waals surface area contributed by atoms with Gasteiger partial charge in [0.2, 0.25) is 0 Å². The molecule has 0 spiro atoms. The van der Waals surface area contributed by atoms with E-state index in [1.54, 1.807) is 0 Å². The van der Waals surface area contributed by atoms with Crippen LogP contribution in [0, 0.1) is 0 Å². The zero-order valence-corrected chi connectivity index (χ0v) is 19.0. The number of nitrogens with zero attached hydrogens (tertiary/aromatic N) is 1. The Balaban J connectivity index is 2.06. The number of nitrogens with one attached hydrogen (secondary N) is 4. The molecule has 1 heterocycles. The normalized spacial score (nSPS) is 10.5. The lowest BCUT2D eigenvalue weighted by Gasteiger charge is -2.23. The van der Waals surface area contributed by atoms with Crippen molar-refractivity contribution in [1.82, 2.24) is 4.98 Å². The third-order valence-corrected chi connectivity index (χ3v) is 5.62. The Hall–Kier alpha value is -3.99. The van der Waals surface area contributed by atoms with Gasteiger partial charge in [-0.3, -0.25) is 0 Å². The summed E-state index contributed by atoms with van der Waals surface area (Å²) in [4.78, 5) is 5.02. The predicted octanol–water partition coefficient (Wildman–Crippen LogP) is 6.25. The van der Waals surface area contributed by atoms with Gasteiger partial charge in [0.15, 0.2) is 0 Å². The van der Waals surface area contributed by atoms with Crippen molar-refractivity contribution in [3.63, 3.8) is 0 Å². The van der Waals surface area contributed by atoms with Gasteiger partial charge in [0.05, 0.1) is 34.1 Å². The summed E-state index contributed by atoms with van der Waals surface area (Å²) in [6.07, 6.45) is 0. The lowest BCUT2D eigenvalue weighted by Crippen LogP contribution is -2.06. The molecule has 0 radical (unpaired) electrons. The van der Waals surface area contributed by atoms with Gasteiger partial charge in [0, 0.05) is 44.9 Å². The maximum atomic E-state index is 5.02. The van der Waals surface area contributed by atoms with Crippen LogP contribution in [0.15, 0.2) is 78.9 Å². The van der Waals surface area contributed by atoms with Crippen LogP contribution >= 0.6 is 0 Å². The molecule has 0 bridgehead atoms. The van der Waals surface area contributed by atoms with Gasteiger partial charge in [-0.05, 0) is 23.8 Å². The van der Waals surface area contributed by atoms with E-state index in [-0.39, 0.29) is 0 Å². The molecule has 4 aromatic rings. The number of pyridine rings is 1. The average Bonchev–Trinajstić information content (AvgIpc) is 2.87. The molecule has 4 rings (SSSR count). The van der Waals surface area contributed by atoms with E-state index in [4.69, 9.17) is 4.98 Å². The summed E-state index contributed by atoms with van der Waals surface area (Å²) in [6.45, 7) is 0. The molecular weight excluding hydrogens is 394 g/mol. The Kier molecular flexibility index (Phi) is 6.26. The Bertz CT molecular complexity index is 1120. The van der Waals surface area contributed by atoms with E-state index in [0.717, 1.165) is 56.4 Å². The quantitative estimate of drug-likeness (QED) is 0.283. The Morgan fingerprint density at radius 1 is 0.500 bits per heavy atom. The molecule has 32 heavy (non-hydrogen) atoms. The van der Waals surface area contributed by atoms with Gasteiger partial charge in [0.1, 0.15) is 0 Å². The van der Waals surface area contributed by atoms with Crippen LogP contribution in [-0.4, -0.2) is 33.2 Å². The summed E-state index contributed by atoms with van der Waals surface area (Å²) in [7, 11) is 7.79. The standard InChI is InChI=1S/C27H29N5/c1-28-23-17-24(29-2)27(31-4)25(26(23)30-3)20-15-21(18-11-7-5-8-12-18)32-22(16-20)19-13-9-6-10-14-19/h5-17,28-31H,1-4H3. The molecule has 5 heteroatoms. The first kappa shape index (κ1) is 21.2. The van der Waals surface area contributed by atoms with Gasteiger partial charge in [0.25, 0.3) is 0 Å². The number of hydrogen-bond acceptors (Lipinski definition) is 5. The molecule has 3 aromatic carbocycles. The minimum absolute atomic E-state index is 0.937. The second-order valence-electron chi connectivity index (χ2n) is 7.46. The van der Waals surface area contributed by atoms with Gasteiger partial charge in [-0.1, -0.05) is 60.7 Å². The van der Waals surface area contributed by atoms with Crippen LogP contribution in [0.1, 0.15) is 0 Å². The van der Waals surface area contributed by atoms with Gasteiger partial charge in [-0.25, -0.2) is 4.98 Å². The molecule has 0 aliphatic heterocycles. The monoisotopic (exact) mass is 423 g/mol. The fourth-order valence-electron chi connectivity index (χ4n) is 4.07. The zero-order valence-electron chi connectivity index (χ0n) is 19.0. The van der Waals surface area contributed by atoms with Crippen molar-refractivity contribution in [1.29, 1.82) is 0 Å². The lowest BCUT2D eigenvalue weighted by atomic mass is 9.95. The summed E-state index contributed by atoms with van der Waals surface area (Å²) in [5.41, 5.74) is 10.3. The highest BCUT2D eigenvalue weighted by molar-refractivity contribution is 6.02. The van der Waals surface area contributed by atoms with Crippen molar-refractivity contribution in [2.24, 2.45) is 0 Å². The van der Waals surface area contributed by atoms with Crippen molar-refractivity contribution in [3.05, 3.63) is 78.9 Å². The van der Waals surface area contributed by atoms with Crippen LogP contribution in [0.25, 0.3) is 33.6 Å².